The van der Waals surface area contributed by atoms with E-state index >= 15 is 0 Å². The highest BCUT2D eigenvalue weighted by Gasteiger charge is 2.26. The van der Waals surface area contributed by atoms with Crippen LogP contribution in [0.3, 0.4) is 0 Å². The van der Waals surface area contributed by atoms with Crippen molar-refractivity contribution >= 4 is 17.3 Å². The van der Waals surface area contributed by atoms with E-state index in [1.165, 1.54) is 0 Å². The zero-order valence-corrected chi connectivity index (χ0v) is 8.60. The molecule has 2 rings (SSSR count). The Morgan fingerprint density at radius 3 is 3.20 bits per heavy atom. The smallest absolute Gasteiger partial charge is 0.242 e. The summed E-state index contributed by atoms with van der Waals surface area (Å²) >= 11 is 0. The number of nitrogens with two attached hydrogens (primary N) is 1. The number of nitrogens with zero attached hydrogens (tertiary/aromatic N) is 2. The van der Waals surface area contributed by atoms with Gasteiger partial charge in [-0.2, -0.15) is 0 Å². The number of hydrogen-bond donors (Lipinski definition) is 2. The van der Waals surface area contributed by atoms with Crippen LogP contribution < -0.4 is 16.0 Å². The maximum Gasteiger partial charge on any atom is 0.242 e. The second kappa shape index (κ2) is 3.76. The van der Waals surface area contributed by atoms with Crippen molar-refractivity contribution in [3.8, 4) is 0 Å². The molecule has 0 spiro atoms. The first kappa shape index (κ1) is 9.76. The molecule has 1 aliphatic heterocycles. The summed E-state index contributed by atoms with van der Waals surface area (Å²) in [6.45, 7) is 3.31. The Labute approximate surface area is 88.3 Å². The molecule has 0 aliphatic carbocycles. The summed E-state index contributed by atoms with van der Waals surface area (Å²) in [6.07, 6.45) is 3.29. The second-order valence-corrected chi connectivity index (χ2v) is 3.59. The van der Waals surface area contributed by atoms with Gasteiger partial charge in [0.1, 0.15) is 6.04 Å². The highest BCUT2D eigenvalue weighted by molar-refractivity contribution is 5.87. The number of anilines is 2. The lowest BCUT2D eigenvalue weighted by molar-refractivity contribution is -0.122. The molecule has 15 heavy (non-hydrogen) atoms. The van der Waals surface area contributed by atoms with Crippen LogP contribution in [-0.4, -0.2) is 30.0 Å². The van der Waals surface area contributed by atoms with Gasteiger partial charge >= 0.3 is 0 Å². The van der Waals surface area contributed by atoms with E-state index in [-0.39, 0.29) is 11.9 Å². The highest BCUT2D eigenvalue weighted by Crippen LogP contribution is 2.24. The lowest BCUT2D eigenvalue weighted by Gasteiger charge is -2.35. The van der Waals surface area contributed by atoms with Gasteiger partial charge in [0.05, 0.1) is 17.6 Å². The van der Waals surface area contributed by atoms with E-state index in [1.54, 1.807) is 12.4 Å². The van der Waals surface area contributed by atoms with Gasteiger partial charge in [0, 0.05) is 19.3 Å². The number of piperazine rings is 1. The first-order valence-corrected chi connectivity index (χ1v) is 4.94. The van der Waals surface area contributed by atoms with E-state index in [4.69, 9.17) is 5.73 Å². The third kappa shape index (κ3) is 1.72. The molecule has 1 aromatic rings. The summed E-state index contributed by atoms with van der Waals surface area (Å²) in [5.41, 5.74) is 7.32. The number of rotatable bonds is 1. The predicted octanol–water partition coefficient (Wildman–Crippen LogP) is -0.0115. The minimum atomic E-state index is -0.177. The molecule has 0 bridgehead atoms. The van der Waals surface area contributed by atoms with Crippen molar-refractivity contribution in [3.05, 3.63) is 18.5 Å². The molecule has 1 amide bonds. The van der Waals surface area contributed by atoms with E-state index < -0.39 is 0 Å². The molecule has 0 saturated carbocycles. The van der Waals surface area contributed by atoms with Crippen molar-refractivity contribution in [3.63, 3.8) is 0 Å². The Hall–Kier alpha value is -1.78. The van der Waals surface area contributed by atoms with Crippen LogP contribution in [0.25, 0.3) is 0 Å². The number of nitrogen functional groups attached to an aromatic ring is 1. The van der Waals surface area contributed by atoms with E-state index in [0.717, 1.165) is 12.2 Å². The van der Waals surface area contributed by atoms with E-state index in [1.807, 2.05) is 17.9 Å². The van der Waals surface area contributed by atoms with Gasteiger partial charge < -0.3 is 16.0 Å². The summed E-state index contributed by atoms with van der Waals surface area (Å²) in [4.78, 5) is 17.4. The summed E-state index contributed by atoms with van der Waals surface area (Å²) in [5, 5.41) is 2.81. The van der Waals surface area contributed by atoms with Gasteiger partial charge in [0.15, 0.2) is 0 Å². The molecule has 1 aliphatic rings. The van der Waals surface area contributed by atoms with Crippen LogP contribution in [0.5, 0.6) is 0 Å². The Morgan fingerprint density at radius 2 is 2.47 bits per heavy atom. The standard InChI is InChI=1S/C10H14N4O/c1-7-10(15)13-4-5-14(7)9-2-3-12-6-8(9)11/h2-3,6-7H,4-5,11H2,1H3,(H,13,15). The molecule has 80 valence electrons. The number of pyridine rings is 1. The number of amides is 1. The van der Waals surface area contributed by atoms with Crippen molar-refractivity contribution in [2.75, 3.05) is 23.7 Å². The van der Waals surface area contributed by atoms with Crippen molar-refractivity contribution in [2.45, 2.75) is 13.0 Å². The van der Waals surface area contributed by atoms with Gasteiger partial charge in [-0.3, -0.25) is 9.78 Å². The number of nitrogens with one attached hydrogen (secondary N) is 1. The third-order valence-corrected chi connectivity index (χ3v) is 2.64. The normalized spacial score (nSPS) is 21.3. The van der Waals surface area contributed by atoms with E-state index in [2.05, 4.69) is 10.3 Å². The molecule has 2 heterocycles. The minimum Gasteiger partial charge on any atom is -0.396 e. The summed E-state index contributed by atoms with van der Waals surface area (Å²) in [6, 6.07) is 1.66. The molecule has 5 heteroatoms. The zero-order chi connectivity index (χ0) is 10.8. The molecule has 3 N–H and O–H groups in total. The van der Waals surface area contributed by atoms with Crippen LogP contribution in [0.2, 0.25) is 0 Å². The molecule has 1 saturated heterocycles. The van der Waals surface area contributed by atoms with Crippen LogP contribution in [0, 0.1) is 0 Å². The lowest BCUT2D eigenvalue weighted by atomic mass is 10.1. The van der Waals surface area contributed by atoms with Crippen LogP contribution in [0.15, 0.2) is 18.5 Å². The fourth-order valence-electron chi connectivity index (χ4n) is 1.77. The van der Waals surface area contributed by atoms with Gasteiger partial charge in [-0.05, 0) is 13.0 Å². The fraction of sp³-hybridized carbons (Fsp3) is 0.400. The first-order chi connectivity index (χ1) is 7.20. The third-order valence-electron chi connectivity index (χ3n) is 2.64. The van der Waals surface area contributed by atoms with Crippen molar-refractivity contribution in [2.24, 2.45) is 0 Å². The molecule has 5 nitrogen and oxygen atoms in total. The number of carbonyl (C=O) groups is 1. The molecule has 0 radical (unpaired) electrons. The largest absolute Gasteiger partial charge is 0.396 e. The first-order valence-electron chi connectivity index (χ1n) is 4.94. The molecule has 1 unspecified atom stereocenters. The molecule has 1 fully saturated rings. The van der Waals surface area contributed by atoms with Gasteiger partial charge in [0.25, 0.3) is 0 Å². The minimum absolute atomic E-state index is 0.0393. The van der Waals surface area contributed by atoms with Gasteiger partial charge in [-0.25, -0.2) is 0 Å². The number of hydrogen-bond acceptors (Lipinski definition) is 4. The highest BCUT2D eigenvalue weighted by atomic mass is 16.2. The SMILES string of the molecule is CC1C(=O)NCCN1c1ccncc1N. The van der Waals surface area contributed by atoms with Gasteiger partial charge in [-0.15, -0.1) is 0 Å². The molecule has 1 atom stereocenters. The van der Waals surface area contributed by atoms with E-state index in [0.29, 0.717) is 12.2 Å². The Bertz CT molecular complexity index is 379. The summed E-state index contributed by atoms with van der Waals surface area (Å²) in [5.74, 6) is 0.0393. The van der Waals surface area contributed by atoms with Crippen LogP contribution in [-0.2, 0) is 4.79 Å². The Morgan fingerprint density at radius 1 is 1.67 bits per heavy atom. The monoisotopic (exact) mass is 206 g/mol. The fourth-order valence-corrected chi connectivity index (χ4v) is 1.77. The Kier molecular flexibility index (Phi) is 2.45. The quantitative estimate of drug-likeness (QED) is 0.678. The Balaban J connectivity index is 2.30. The number of carbonyl (C=O) groups excluding carboxylic acids is 1. The van der Waals surface area contributed by atoms with E-state index in [9.17, 15) is 4.79 Å². The van der Waals surface area contributed by atoms with Crippen LogP contribution in [0.1, 0.15) is 6.92 Å². The van der Waals surface area contributed by atoms with Crippen LogP contribution >= 0.6 is 0 Å². The second-order valence-electron chi connectivity index (χ2n) is 3.59. The maximum absolute atomic E-state index is 11.5. The molecular formula is C10H14N4O. The van der Waals surface area contributed by atoms with Crippen molar-refractivity contribution in [1.82, 2.24) is 10.3 Å². The maximum atomic E-state index is 11.5. The molecule has 1 aromatic heterocycles. The molecular weight excluding hydrogens is 192 g/mol. The van der Waals surface area contributed by atoms with Gasteiger partial charge in [-0.1, -0.05) is 0 Å². The lowest BCUT2D eigenvalue weighted by Crippen LogP contribution is -2.54. The van der Waals surface area contributed by atoms with Gasteiger partial charge in [0.2, 0.25) is 5.91 Å². The zero-order valence-electron chi connectivity index (χ0n) is 8.60. The number of aromatic nitrogens is 1. The van der Waals surface area contributed by atoms with Crippen molar-refractivity contribution < 1.29 is 4.79 Å². The van der Waals surface area contributed by atoms with Crippen molar-refractivity contribution in [1.29, 1.82) is 0 Å². The summed E-state index contributed by atoms with van der Waals surface area (Å²) < 4.78 is 0. The predicted molar refractivity (Wildman–Crippen MR) is 58.5 cm³/mol. The topological polar surface area (TPSA) is 71.2 Å². The summed E-state index contributed by atoms with van der Waals surface area (Å²) in [7, 11) is 0. The molecule has 0 aromatic carbocycles. The average molecular weight is 206 g/mol. The van der Waals surface area contributed by atoms with Crippen LogP contribution in [0.4, 0.5) is 11.4 Å². The average Bonchev–Trinajstić information content (AvgIpc) is 2.23.